The first-order chi connectivity index (χ1) is 8.15. The molecule has 0 bridgehead atoms. The molecule has 88 valence electrons. The van der Waals surface area contributed by atoms with Crippen molar-refractivity contribution < 1.29 is 4.79 Å². The number of rotatable bonds is 3. The number of hydrogen-bond acceptors (Lipinski definition) is 3. The second-order valence-electron chi connectivity index (χ2n) is 3.54. The maximum absolute atomic E-state index is 11.7. The summed E-state index contributed by atoms with van der Waals surface area (Å²) in [6.07, 6.45) is 0.361. The standard InChI is InChI=1S/C12H11ClN2OS/c13-8-3-4-11(10(14)6-8)15-12(16)7-9-2-1-5-17-9/h1-6H,7,14H2,(H,15,16). The molecule has 0 aliphatic heterocycles. The van der Waals surface area contributed by atoms with Crippen molar-refractivity contribution >= 4 is 40.2 Å². The summed E-state index contributed by atoms with van der Waals surface area (Å²) in [6, 6.07) is 8.85. The van der Waals surface area contributed by atoms with Gasteiger partial charge in [-0.05, 0) is 29.6 Å². The van der Waals surface area contributed by atoms with Crippen LogP contribution in [0.2, 0.25) is 5.02 Å². The molecule has 3 N–H and O–H groups in total. The molecule has 0 atom stereocenters. The number of thiophene rings is 1. The van der Waals surface area contributed by atoms with E-state index in [1.165, 1.54) is 0 Å². The van der Waals surface area contributed by atoms with Crippen molar-refractivity contribution in [2.75, 3.05) is 11.1 Å². The minimum Gasteiger partial charge on any atom is -0.397 e. The van der Waals surface area contributed by atoms with Gasteiger partial charge in [0.1, 0.15) is 0 Å². The van der Waals surface area contributed by atoms with E-state index >= 15 is 0 Å². The Bertz CT molecular complexity index is 525. The lowest BCUT2D eigenvalue weighted by Gasteiger charge is -2.07. The lowest BCUT2D eigenvalue weighted by Crippen LogP contribution is -2.14. The first kappa shape index (κ1) is 12.0. The van der Waals surface area contributed by atoms with Crippen LogP contribution in [0.4, 0.5) is 11.4 Å². The highest BCUT2D eigenvalue weighted by molar-refractivity contribution is 7.10. The number of carbonyl (C=O) groups is 1. The second kappa shape index (κ2) is 5.21. The van der Waals surface area contributed by atoms with Gasteiger partial charge in [0.25, 0.3) is 0 Å². The van der Waals surface area contributed by atoms with Gasteiger partial charge in [0.15, 0.2) is 0 Å². The molecule has 0 spiro atoms. The summed E-state index contributed by atoms with van der Waals surface area (Å²) < 4.78 is 0. The average Bonchev–Trinajstić information content (AvgIpc) is 2.75. The molecular formula is C12H11ClN2OS. The normalized spacial score (nSPS) is 10.2. The van der Waals surface area contributed by atoms with Crippen LogP contribution in [0.3, 0.4) is 0 Å². The summed E-state index contributed by atoms with van der Waals surface area (Å²) >= 11 is 7.33. The molecule has 17 heavy (non-hydrogen) atoms. The minimum absolute atomic E-state index is 0.0820. The van der Waals surface area contributed by atoms with Crippen molar-refractivity contribution in [3.8, 4) is 0 Å². The first-order valence-corrected chi connectivity index (χ1v) is 6.28. The summed E-state index contributed by atoms with van der Waals surface area (Å²) in [5, 5.41) is 5.26. The minimum atomic E-state index is -0.0820. The zero-order valence-electron chi connectivity index (χ0n) is 8.94. The van der Waals surface area contributed by atoms with Gasteiger partial charge in [-0.3, -0.25) is 4.79 Å². The lowest BCUT2D eigenvalue weighted by atomic mass is 10.2. The molecule has 2 aromatic rings. The van der Waals surface area contributed by atoms with Crippen molar-refractivity contribution in [3.05, 3.63) is 45.6 Å². The number of anilines is 2. The van der Waals surface area contributed by atoms with E-state index in [9.17, 15) is 4.79 Å². The maximum Gasteiger partial charge on any atom is 0.229 e. The van der Waals surface area contributed by atoms with Gasteiger partial charge in [0.05, 0.1) is 17.8 Å². The largest absolute Gasteiger partial charge is 0.397 e. The highest BCUT2D eigenvalue weighted by atomic mass is 35.5. The molecule has 5 heteroatoms. The molecule has 0 fully saturated rings. The fraction of sp³-hybridized carbons (Fsp3) is 0.0833. The van der Waals surface area contributed by atoms with Gasteiger partial charge in [-0.1, -0.05) is 17.7 Å². The maximum atomic E-state index is 11.7. The van der Waals surface area contributed by atoms with Gasteiger partial charge in [0.2, 0.25) is 5.91 Å². The SMILES string of the molecule is Nc1cc(Cl)ccc1NC(=O)Cc1cccs1. The molecule has 1 aromatic heterocycles. The van der Waals surface area contributed by atoms with Crippen molar-refractivity contribution in [2.45, 2.75) is 6.42 Å². The first-order valence-electron chi connectivity index (χ1n) is 5.02. The molecule has 3 nitrogen and oxygen atoms in total. The highest BCUT2D eigenvalue weighted by Gasteiger charge is 2.07. The van der Waals surface area contributed by atoms with Crippen LogP contribution in [-0.4, -0.2) is 5.91 Å². The molecular weight excluding hydrogens is 256 g/mol. The molecule has 0 aliphatic rings. The number of halogens is 1. The number of nitrogens with one attached hydrogen (secondary N) is 1. The number of amides is 1. The molecule has 1 aromatic carbocycles. The lowest BCUT2D eigenvalue weighted by molar-refractivity contribution is -0.115. The van der Waals surface area contributed by atoms with Crippen LogP contribution in [0.25, 0.3) is 0 Å². The van der Waals surface area contributed by atoms with Crippen LogP contribution in [0.15, 0.2) is 35.7 Å². The number of hydrogen-bond donors (Lipinski definition) is 2. The Balaban J connectivity index is 2.03. The number of nitrogens with two attached hydrogens (primary N) is 1. The quantitative estimate of drug-likeness (QED) is 0.839. The molecule has 0 saturated carbocycles. The topological polar surface area (TPSA) is 55.1 Å². The third-order valence-corrected chi connectivity index (χ3v) is 3.31. The Morgan fingerprint density at radius 1 is 1.41 bits per heavy atom. The summed E-state index contributed by atoms with van der Waals surface area (Å²) in [5.74, 6) is -0.0820. The van der Waals surface area contributed by atoms with E-state index < -0.39 is 0 Å². The Kier molecular flexibility index (Phi) is 3.66. The third kappa shape index (κ3) is 3.22. The summed E-state index contributed by atoms with van der Waals surface area (Å²) in [7, 11) is 0. The van der Waals surface area contributed by atoms with Gasteiger partial charge >= 0.3 is 0 Å². The van der Waals surface area contributed by atoms with Crippen molar-refractivity contribution in [2.24, 2.45) is 0 Å². The Morgan fingerprint density at radius 2 is 2.24 bits per heavy atom. The Hall–Kier alpha value is -1.52. The predicted molar refractivity (Wildman–Crippen MR) is 72.5 cm³/mol. The molecule has 1 amide bonds. The molecule has 0 saturated heterocycles. The van der Waals surface area contributed by atoms with Crippen LogP contribution >= 0.6 is 22.9 Å². The summed E-state index contributed by atoms with van der Waals surface area (Å²) in [6.45, 7) is 0. The van der Waals surface area contributed by atoms with Gasteiger partial charge in [0, 0.05) is 9.90 Å². The molecule has 1 heterocycles. The summed E-state index contributed by atoms with van der Waals surface area (Å²) in [5.41, 5.74) is 6.81. The van der Waals surface area contributed by atoms with E-state index in [4.69, 9.17) is 17.3 Å². The number of nitrogen functional groups attached to an aromatic ring is 1. The zero-order valence-corrected chi connectivity index (χ0v) is 10.5. The number of carbonyl (C=O) groups excluding carboxylic acids is 1. The second-order valence-corrected chi connectivity index (χ2v) is 5.00. The molecule has 2 rings (SSSR count). The third-order valence-electron chi connectivity index (χ3n) is 2.20. The van der Waals surface area contributed by atoms with Gasteiger partial charge in [-0.15, -0.1) is 11.3 Å². The van der Waals surface area contributed by atoms with E-state index in [1.807, 2.05) is 17.5 Å². The summed E-state index contributed by atoms with van der Waals surface area (Å²) in [4.78, 5) is 12.7. The van der Waals surface area contributed by atoms with E-state index in [-0.39, 0.29) is 5.91 Å². The predicted octanol–water partition coefficient (Wildman–Crippen LogP) is 3.16. The van der Waals surface area contributed by atoms with Crippen molar-refractivity contribution in [3.63, 3.8) is 0 Å². The highest BCUT2D eigenvalue weighted by Crippen LogP contribution is 2.23. The number of benzene rings is 1. The Morgan fingerprint density at radius 3 is 2.88 bits per heavy atom. The van der Waals surface area contributed by atoms with Crippen molar-refractivity contribution in [1.82, 2.24) is 0 Å². The van der Waals surface area contributed by atoms with Crippen LogP contribution in [-0.2, 0) is 11.2 Å². The van der Waals surface area contributed by atoms with Gasteiger partial charge < -0.3 is 11.1 Å². The van der Waals surface area contributed by atoms with E-state index in [0.29, 0.717) is 22.8 Å². The zero-order chi connectivity index (χ0) is 12.3. The van der Waals surface area contributed by atoms with E-state index in [0.717, 1.165) is 4.88 Å². The Labute approximate surface area is 108 Å². The van der Waals surface area contributed by atoms with Crippen LogP contribution in [0.1, 0.15) is 4.88 Å². The molecule has 0 aliphatic carbocycles. The molecule has 0 radical (unpaired) electrons. The van der Waals surface area contributed by atoms with Crippen LogP contribution in [0.5, 0.6) is 0 Å². The molecule has 0 unspecified atom stereocenters. The monoisotopic (exact) mass is 266 g/mol. The van der Waals surface area contributed by atoms with E-state index in [1.54, 1.807) is 29.5 Å². The fourth-order valence-electron chi connectivity index (χ4n) is 1.41. The van der Waals surface area contributed by atoms with Crippen LogP contribution < -0.4 is 11.1 Å². The average molecular weight is 267 g/mol. The van der Waals surface area contributed by atoms with Crippen molar-refractivity contribution in [1.29, 1.82) is 0 Å². The smallest absolute Gasteiger partial charge is 0.229 e. The fourth-order valence-corrected chi connectivity index (χ4v) is 2.30. The van der Waals surface area contributed by atoms with Gasteiger partial charge in [-0.2, -0.15) is 0 Å². The van der Waals surface area contributed by atoms with Crippen LogP contribution in [0, 0.1) is 0 Å². The van der Waals surface area contributed by atoms with Gasteiger partial charge in [-0.25, -0.2) is 0 Å². The van der Waals surface area contributed by atoms with E-state index in [2.05, 4.69) is 5.32 Å².